The van der Waals surface area contributed by atoms with Crippen molar-refractivity contribution in [2.45, 2.75) is 17.9 Å². The molecule has 2 aromatic carbocycles. The first-order valence-corrected chi connectivity index (χ1v) is 7.45. The lowest BCUT2D eigenvalue weighted by molar-refractivity contribution is 0.571. The molecule has 0 heterocycles. The van der Waals surface area contributed by atoms with E-state index in [0.29, 0.717) is 0 Å². The Labute approximate surface area is 119 Å². The van der Waals surface area contributed by atoms with E-state index < -0.39 is 28.5 Å². The molecule has 20 heavy (non-hydrogen) atoms. The van der Waals surface area contributed by atoms with Gasteiger partial charge in [-0.25, -0.2) is 8.78 Å². The lowest BCUT2D eigenvalue weighted by Crippen LogP contribution is -2.19. The number of hydrogen-bond acceptors (Lipinski definition) is 2. The zero-order valence-electron chi connectivity index (χ0n) is 11.0. The standard InChI is InChI=1S/C15H15F2NOS/c1-10-4-2-3-5-12(10)14(18)9-20(19)15-8-11(16)6-7-13(15)17/h2-8,14H,9,18H2,1H3. The van der Waals surface area contributed by atoms with Gasteiger partial charge in [-0.3, -0.25) is 4.21 Å². The summed E-state index contributed by atoms with van der Waals surface area (Å²) in [5, 5.41) is 0. The summed E-state index contributed by atoms with van der Waals surface area (Å²) in [7, 11) is -1.68. The van der Waals surface area contributed by atoms with Crippen LogP contribution in [-0.4, -0.2) is 9.96 Å². The molecule has 0 radical (unpaired) electrons. The molecule has 2 nitrogen and oxygen atoms in total. The molecular weight excluding hydrogens is 280 g/mol. The normalized spacial score (nSPS) is 14.0. The first-order chi connectivity index (χ1) is 9.49. The molecule has 0 aromatic heterocycles. The highest BCUT2D eigenvalue weighted by Crippen LogP contribution is 2.20. The molecule has 2 aromatic rings. The summed E-state index contributed by atoms with van der Waals surface area (Å²) in [6.45, 7) is 1.90. The average Bonchev–Trinajstić information content (AvgIpc) is 2.41. The first-order valence-electron chi connectivity index (χ1n) is 6.13. The third-order valence-corrected chi connectivity index (χ3v) is 4.52. The molecule has 106 valence electrons. The number of benzene rings is 2. The predicted octanol–water partition coefficient (Wildman–Crippen LogP) is 3.08. The van der Waals surface area contributed by atoms with E-state index in [1.807, 2.05) is 31.2 Å². The molecule has 0 amide bonds. The Hall–Kier alpha value is -1.59. The van der Waals surface area contributed by atoms with E-state index in [1.165, 1.54) is 0 Å². The van der Waals surface area contributed by atoms with Crippen molar-refractivity contribution >= 4 is 10.8 Å². The van der Waals surface area contributed by atoms with E-state index >= 15 is 0 Å². The monoisotopic (exact) mass is 295 g/mol. The van der Waals surface area contributed by atoms with Crippen molar-refractivity contribution in [2.75, 3.05) is 5.75 Å². The molecule has 0 aliphatic rings. The second kappa shape index (κ2) is 6.24. The summed E-state index contributed by atoms with van der Waals surface area (Å²) in [4.78, 5) is -0.144. The van der Waals surface area contributed by atoms with Gasteiger partial charge in [-0.1, -0.05) is 24.3 Å². The molecule has 0 fully saturated rings. The van der Waals surface area contributed by atoms with Gasteiger partial charge in [-0.2, -0.15) is 0 Å². The molecule has 2 N–H and O–H groups in total. The Morgan fingerprint density at radius 3 is 2.60 bits per heavy atom. The quantitative estimate of drug-likeness (QED) is 0.942. The van der Waals surface area contributed by atoms with Crippen LogP contribution in [0.3, 0.4) is 0 Å². The topological polar surface area (TPSA) is 43.1 Å². The Kier molecular flexibility index (Phi) is 4.62. The van der Waals surface area contributed by atoms with Crippen LogP contribution in [0.1, 0.15) is 17.2 Å². The molecule has 0 bridgehead atoms. The maximum absolute atomic E-state index is 13.6. The molecule has 0 saturated heterocycles. The van der Waals surface area contributed by atoms with E-state index in [2.05, 4.69) is 0 Å². The van der Waals surface area contributed by atoms with E-state index in [1.54, 1.807) is 0 Å². The van der Waals surface area contributed by atoms with Gasteiger partial charge in [0.2, 0.25) is 0 Å². The van der Waals surface area contributed by atoms with Gasteiger partial charge in [0.15, 0.2) is 0 Å². The van der Waals surface area contributed by atoms with Gasteiger partial charge in [-0.15, -0.1) is 0 Å². The minimum absolute atomic E-state index is 0.0469. The van der Waals surface area contributed by atoms with Crippen LogP contribution >= 0.6 is 0 Å². The van der Waals surface area contributed by atoms with E-state index in [9.17, 15) is 13.0 Å². The summed E-state index contributed by atoms with van der Waals surface area (Å²) in [6, 6.07) is 9.91. The van der Waals surface area contributed by atoms with Crippen LogP contribution in [0.15, 0.2) is 47.4 Å². The second-order valence-corrected chi connectivity index (χ2v) is 6.01. The minimum Gasteiger partial charge on any atom is -0.323 e. The molecule has 0 spiro atoms. The highest BCUT2D eigenvalue weighted by atomic mass is 32.2. The van der Waals surface area contributed by atoms with Gasteiger partial charge in [-0.05, 0) is 36.2 Å². The third-order valence-electron chi connectivity index (χ3n) is 3.06. The highest BCUT2D eigenvalue weighted by molar-refractivity contribution is 7.85. The summed E-state index contributed by atoms with van der Waals surface area (Å²) in [6.07, 6.45) is 0. The van der Waals surface area contributed by atoms with Crippen LogP contribution in [0.5, 0.6) is 0 Å². The SMILES string of the molecule is Cc1ccccc1C(N)CS(=O)c1cc(F)ccc1F. The van der Waals surface area contributed by atoms with Crippen molar-refractivity contribution in [3.05, 3.63) is 65.2 Å². The molecule has 0 aliphatic carbocycles. The lowest BCUT2D eigenvalue weighted by Gasteiger charge is -2.14. The summed E-state index contributed by atoms with van der Waals surface area (Å²) < 4.78 is 38.8. The number of aryl methyl sites for hydroxylation is 1. The fourth-order valence-electron chi connectivity index (χ4n) is 2.00. The second-order valence-electron chi connectivity index (χ2n) is 4.55. The largest absolute Gasteiger partial charge is 0.323 e. The van der Waals surface area contributed by atoms with Crippen LogP contribution in [0.25, 0.3) is 0 Å². The first kappa shape index (κ1) is 14.8. The fourth-order valence-corrected chi connectivity index (χ4v) is 3.21. The Morgan fingerprint density at radius 2 is 1.90 bits per heavy atom. The summed E-state index contributed by atoms with van der Waals surface area (Å²) in [5.41, 5.74) is 7.85. The maximum Gasteiger partial charge on any atom is 0.139 e. The lowest BCUT2D eigenvalue weighted by atomic mass is 10.0. The van der Waals surface area contributed by atoms with Crippen LogP contribution in [0.4, 0.5) is 8.78 Å². The summed E-state index contributed by atoms with van der Waals surface area (Å²) in [5.74, 6) is -1.24. The van der Waals surface area contributed by atoms with Crippen LogP contribution < -0.4 is 5.73 Å². The zero-order chi connectivity index (χ0) is 14.7. The van der Waals surface area contributed by atoms with Crippen LogP contribution in [0, 0.1) is 18.6 Å². The van der Waals surface area contributed by atoms with Crippen LogP contribution in [-0.2, 0) is 10.8 Å². The summed E-state index contributed by atoms with van der Waals surface area (Å²) >= 11 is 0. The van der Waals surface area contributed by atoms with Crippen molar-refractivity contribution in [2.24, 2.45) is 5.73 Å². The molecule has 2 atom stereocenters. The van der Waals surface area contributed by atoms with Gasteiger partial charge in [0, 0.05) is 11.8 Å². The van der Waals surface area contributed by atoms with Crippen molar-refractivity contribution in [1.29, 1.82) is 0 Å². The molecule has 0 aliphatic heterocycles. The smallest absolute Gasteiger partial charge is 0.139 e. The Bertz CT molecular complexity index is 646. The molecule has 2 unspecified atom stereocenters. The number of rotatable bonds is 4. The fraction of sp³-hybridized carbons (Fsp3) is 0.200. The molecule has 5 heteroatoms. The Morgan fingerprint density at radius 1 is 1.20 bits per heavy atom. The Balaban J connectivity index is 2.20. The van der Waals surface area contributed by atoms with Crippen molar-refractivity contribution in [3.8, 4) is 0 Å². The van der Waals surface area contributed by atoms with Gasteiger partial charge in [0.25, 0.3) is 0 Å². The number of hydrogen-bond donors (Lipinski definition) is 1. The van der Waals surface area contributed by atoms with Crippen molar-refractivity contribution in [3.63, 3.8) is 0 Å². The third kappa shape index (κ3) is 3.29. The highest BCUT2D eigenvalue weighted by Gasteiger charge is 2.17. The van der Waals surface area contributed by atoms with Gasteiger partial charge in [0.05, 0.1) is 15.7 Å². The predicted molar refractivity (Wildman–Crippen MR) is 75.7 cm³/mol. The van der Waals surface area contributed by atoms with E-state index in [-0.39, 0.29) is 10.6 Å². The van der Waals surface area contributed by atoms with Crippen molar-refractivity contribution in [1.82, 2.24) is 0 Å². The number of halogens is 2. The van der Waals surface area contributed by atoms with Crippen molar-refractivity contribution < 1.29 is 13.0 Å². The molecular formula is C15H15F2NOS. The van der Waals surface area contributed by atoms with Gasteiger partial charge < -0.3 is 5.73 Å². The molecule has 2 rings (SSSR count). The van der Waals surface area contributed by atoms with E-state index in [0.717, 1.165) is 29.3 Å². The maximum atomic E-state index is 13.6. The minimum atomic E-state index is -1.68. The van der Waals surface area contributed by atoms with Crippen LogP contribution in [0.2, 0.25) is 0 Å². The van der Waals surface area contributed by atoms with Gasteiger partial charge in [0.1, 0.15) is 11.6 Å². The zero-order valence-corrected chi connectivity index (χ0v) is 11.8. The van der Waals surface area contributed by atoms with Gasteiger partial charge >= 0.3 is 0 Å². The average molecular weight is 295 g/mol. The molecule has 0 saturated carbocycles. The number of nitrogens with two attached hydrogens (primary N) is 1. The van der Waals surface area contributed by atoms with E-state index in [4.69, 9.17) is 5.73 Å².